The highest BCUT2D eigenvalue weighted by Gasteiger charge is 2.12. The normalized spacial score (nSPS) is 10.5. The minimum Gasteiger partial charge on any atom is -0.503 e. The summed E-state index contributed by atoms with van der Waals surface area (Å²) in [4.78, 5) is 0. The molecule has 2 N–H and O–H groups in total. The molecule has 2 rings (SSSR count). The highest BCUT2D eigenvalue weighted by molar-refractivity contribution is 9.13. The van der Waals surface area contributed by atoms with Gasteiger partial charge in [-0.2, -0.15) is 0 Å². The van der Waals surface area contributed by atoms with Gasteiger partial charge in [0.2, 0.25) is 6.79 Å². The summed E-state index contributed by atoms with van der Waals surface area (Å²) in [6.07, 6.45) is 0. The first-order valence-corrected chi connectivity index (χ1v) is 8.68. The monoisotopic (exact) mass is 544 g/mol. The van der Waals surface area contributed by atoms with Crippen molar-refractivity contribution in [3.05, 3.63) is 42.2 Å². The van der Waals surface area contributed by atoms with E-state index in [9.17, 15) is 10.2 Å². The average molecular weight is 548 g/mol. The van der Waals surface area contributed by atoms with Crippen molar-refractivity contribution in [3.63, 3.8) is 0 Å². The highest BCUT2D eigenvalue weighted by atomic mass is 79.9. The van der Waals surface area contributed by atoms with Crippen LogP contribution in [0.2, 0.25) is 0 Å². The molecular weight excluding hydrogens is 540 g/mol. The zero-order valence-electron chi connectivity index (χ0n) is 10.2. The number of rotatable bonds is 4. The van der Waals surface area contributed by atoms with Crippen molar-refractivity contribution >= 4 is 63.7 Å². The van der Waals surface area contributed by atoms with Gasteiger partial charge < -0.3 is 19.7 Å². The van der Waals surface area contributed by atoms with Gasteiger partial charge in [-0.25, -0.2) is 0 Å². The number of hydrogen-bond acceptors (Lipinski definition) is 4. The SMILES string of the molecule is Oc1c(OCOc2ccc(Br)c(Br)c2O)ccc(Br)c1Br. The maximum atomic E-state index is 9.89. The van der Waals surface area contributed by atoms with E-state index in [1.54, 1.807) is 24.3 Å². The fourth-order valence-electron chi connectivity index (χ4n) is 1.43. The number of hydrogen-bond donors (Lipinski definition) is 2. The van der Waals surface area contributed by atoms with E-state index in [1.807, 2.05) is 0 Å². The Labute approximate surface area is 154 Å². The maximum absolute atomic E-state index is 9.89. The second kappa shape index (κ2) is 7.21. The molecule has 0 atom stereocenters. The van der Waals surface area contributed by atoms with E-state index in [0.29, 0.717) is 17.9 Å². The summed E-state index contributed by atoms with van der Waals surface area (Å²) in [7, 11) is 0. The molecule has 112 valence electrons. The number of aromatic hydroxyl groups is 2. The Morgan fingerprint density at radius 1 is 0.714 bits per heavy atom. The summed E-state index contributed by atoms with van der Waals surface area (Å²) in [5.74, 6) is 0.463. The van der Waals surface area contributed by atoms with Crippen molar-refractivity contribution in [1.82, 2.24) is 0 Å². The third-order valence-corrected chi connectivity index (χ3v) is 6.48. The lowest BCUT2D eigenvalue weighted by atomic mass is 10.3. The number of phenolic OH excluding ortho intramolecular Hbond substituents is 2. The van der Waals surface area contributed by atoms with Gasteiger partial charge in [0.15, 0.2) is 23.0 Å². The molecule has 0 aliphatic carbocycles. The first-order chi connectivity index (χ1) is 9.91. The molecule has 0 saturated carbocycles. The van der Waals surface area contributed by atoms with Gasteiger partial charge in [-0.05, 0) is 88.0 Å². The first kappa shape index (κ1) is 16.9. The van der Waals surface area contributed by atoms with Crippen LogP contribution in [-0.2, 0) is 0 Å². The molecule has 0 aliphatic rings. The van der Waals surface area contributed by atoms with Crippen LogP contribution >= 0.6 is 63.7 Å². The summed E-state index contributed by atoms with van der Waals surface area (Å²) in [5, 5.41) is 19.8. The molecular formula is C13H8Br4O4. The number of ether oxygens (including phenoxy) is 2. The predicted molar refractivity (Wildman–Crippen MR) is 93.1 cm³/mol. The van der Waals surface area contributed by atoms with Crippen molar-refractivity contribution in [2.75, 3.05) is 6.79 Å². The smallest absolute Gasteiger partial charge is 0.231 e. The molecule has 0 amide bonds. The fraction of sp³-hybridized carbons (Fsp3) is 0.0769. The van der Waals surface area contributed by atoms with Crippen LogP contribution in [0.3, 0.4) is 0 Å². The van der Waals surface area contributed by atoms with Crippen molar-refractivity contribution < 1.29 is 19.7 Å². The molecule has 2 aromatic rings. The largest absolute Gasteiger partial charge is 0.503 e. The van der Waals surface area contributed by atoms with E-state index in [2.05, 4.69) is 63.7 Å². The Morgan fingerprint density at radius 3 is 1.48 bits per heavy atom. The van der Waals surface area contributed by atoms with Crippen LogP contribution in [0.25, 0.3) is 0 Å². The molecule has 4 nitrogen and oxygen atoms in total. The molecule has 0 bridgehead atoms. The highest BCUT2D eigenvalue weighted by Crippen LogP contribution is 2.40. The molecule has 8 heteroatoms. The van der Waals surface area contributed by atoms with E-state index in [0.717, 1.165) is 0 Å². The van der Waals surface area contributed by atoms with Gasteiger partial charge in [0, 0.05) is 8.95 Å². The zero-order chi connectivity index (χ0) is 15.6. The van der Waals surface area contributed by atoms with E-state index in [4.69, 9.17) is 9.47 Å². The molecule has 21 heavy (non-hydrogen) atoms. The van der Waals surface area contributed by atoms with Crippen LogP contribution in [0, 0.1) is 0 Å². The van der Waals surface area contributed by atoms with Crippen LogP contribution in [-0.4, -0.2) is 17.0 Å². The summed E-state index contributed by atoms with van der Waals surface area (Å²) < 4.78 is 13.1. The van der Waals surface area contributed by atoms with Crippen LogP contribution in [0.1, 0.15) is 0 Å². The Hall–Kier alpha value is -0.440. The summed E-state index contributed by atoms with van der Waals surface area (Å²) in [5.41, 5.74) is 0. The number of halogens is 4. The minimum absolute atomic E-state index is 0.0332. The number of phenols is 2. The Kier molecular flexibility index (Phi) is 5.81. The Morgan fingerprint density at radius 2 is 1.10 bits per heavy atom. The van der Waals surface area contributed by atoms with E-state index < -0.39 is 0 Å². The van der Waals surface area contributed by atoms with Gasteiger partial charge in [-0.15, -0.1) is 0 Å². The van der Waals surface area contributed by atoms with Gasteiger partial charge in [0.05, 0.1) is 8.95 Å². The molecule has 2 aromatic carbocycles. The van der Waals surface area contributed by atoms with Gasteiger partial charge in [0.25, 0.3) is 0 Å². The second-order valence-electron chi connectivity index (χ2n) is 3.82. The fourth-order valence-corrected chi connectivity index (χ4v) is 2.73. The minimum atomic E-state index is -0.163. The first-order valence-electron chi connectivity index (χ1n) is 5.51. The van der Waals surface area contributed by atoms with Crippen LogP contribution in [0.4, 0.5) is 0 Å². The molecule has 0 unspecified atom stereocenters. The summed E-state index contributed by atoms with van der Waals surface area (Å²) in [6.45, 7) is -0.163. The third kappa shape index (κ3) is 3.85. The predicted octanol–water partition coefficient (Wildman–Crippen LogP) is 5.56. The lowest BCUT2D eigenvalue weighted by molar-refractivity contribution is 0.113. The standard InChI is InChI=1S/C13H8Br4O4/c14-6-1-3-8(12(18)10(6)16)20-5-21-9-4-2-7(15)11(17)13(9)19/h1-4,18-19H,5H2. The molecule has 0 aromatic heterocycles. The number of benzene rings is 2. The van der Waals surface area contributed by atoms with Crippen LogP contribution in [0.5, 0.6) is 23.0 Å². The zero-order valence-corrected chi connectivity index (χ0v) is 16.6. The van der Waals surface area contributed by atoms with Crippen LogP contribution in [0.15, 0.2) is 42.2 Å². The topological polar surface area (TPSA) is 58.9 Å². The van der Waals surface area contributed by atoms with Gasteiger partial charge in [0.1, 0.15) is 0 Å². The van der Waals surface area contributed by atoms with Crippen molar-refractivity contribution in [2.45, 2.75) is 0 Å². The van der Waals surface area contributed by atoms with Crippen molar-refractivity contribution in [3.8, 4) is 23.0 Å². The Bertz CT molecular complexity index is 618. The average Bonchev–Trinajstić information content (AvgIpc) is 2.47. The summed E-state index contributed by atoms with van der Waals surface area (Å²) >= 11 is 13.0. The van der Waals surface area contributed by atoms with Crippen molar-refractivity contribution in [2.24, 2.45) is 0 Å². The summed E-state index contributed by atoms with van der Waals surface area (Å²) in [6, 6.07) is 6.66. The van der Waals surface area contributed by atoms with E-state index in [-0.39, 0.29) is 29.8 Å². The molecule has 0 heterocycles. The molecule has 0 spiro atoms. The third-order valence-electron chi connectivity index (χ3n) is 2.49. The lowest BCUT2D eigenvalue weighted by Crippen LogP contribution is -2.06. The molecule has 0 aliphatic heterocycles. The quantitative estimate of drug-likeness (QED) is 0.492. The maximum Gasteiger partial charge on any atom is 0.231 e. The van der Waals surface area contributed by atoms with E-state index >= 15 is 0 Å². The van der Waals surface area contributed by atoms with Crippen LogP contribution < -0.4 is 9.47 Å². The van der Waals surface area contributed by atoms with Crippen molar-refractivity contribution in [1.29, 1.82) is 0 Å². The van der Waals surface area contributed by atoms with Gasteiger partial charge in [-0.3, -0.25) is 0 Å². The lowest BCUT2D eigenvalue weighted by Gasteiger charge is -2.12. The molecule has 0 fully saturated rings. The van der Waals surface area contributed by atoms with Gasteiger partial charge in [-0.1, -0.05) is 0 Å². The van der Waals surface area contributed by atoms with E-state index in [1.165, 1.54) is 0 Å². The van der Waals surface area contributed by atoms with Gasteiger partial charge >= 0.3 is 0 Å². The second-order valence-corrected chi connectivity index (χ2v) is 7.12. The Balaban J connectivity index is 2.06. The molecule has 0 saturated heterocycles. The molecule has 0 radical (unpaired) electrons.